The molecule has 55 heavy (non-hydrogen) atoms. The number of amides is 4. The van der Waals surface area contributed by atoms with Crippen LogP contribution in [0.1, 0.15) is 77.1 Å². The maximum absolute atomic E-state index is 13.7. The lowest BCUT2D eigenvalue weighted by Crippen LogP contribution is -2.51. The van der Waals surface area contributed by atoms with Gasteiger partial charge >= 0.3 is 12.2 Å². The molecule has 0 radical (unpaired) electrons. The number of H-pyrrole nitrogens is 2. The van der Waals surface area contributed by atoms with Crippen molar-refractivity contribution in [3.63, 3.8) is 0 Å². The summed E-state index contributed by atoms with van der Waals surface area (Å²) in [5.74, 6) is 0.894. The molecule has 0 saturated carbocycles. The highest BCUT2D eigenvalue weighted by Gasteiger charge is 2.39. The van der Waals surface area contributed by atoms with Crippen LogP contribution >= 0.6 is 11.3 Å². The molecule has 4 amide bonds. The fourth-order valence-electron chi connectivity index (χ4n) is 7.61. The summed E-state index contributed by atoms with van der Waals surface area (Å²) in [5, 5.41) is 6.46. The van der Waals surface area contributed by atoms with Gasteiger partial charge in [-0.1, -0.05) is 33.8 Å². The predicted molar refractivity (Wildman–Crippen MR) is 208 cm³/mol. The van der Waals surface area contributed by atoms with Crippen molar-refractivity contribution in [2.45, 2.75) is 77.5 Å². The molecular weight excluding hydrogens is 723 g/mol. The number of rotatable bonds is 10. The Balaban J connectivity index is 1.08. The highest BCUT2D eigenvalue weighted by Crippen LogP contribution is 2.39. The molecule has 15 nitrogen and oxygen atoms in total. The molecule has 4 N–H and O–H groups in total. The Morgan fingerprint density at radius 3 is 1.98 bits per heavy atom. The molecule has 0 bridgehead atoms. The van der Waals surface area contributed by atoms with Crippen molar-refractivity contribution >= 4 is 56.5 Å². The van der Waals surface area contributed by atoms with E-state index < -0.39 is 24.3 Å². The summed E-state index contributed by atoms with van der Waals surface area (Å²) in [7, 11) is 2.57. The number of imidazole rings is 2. The van der Waals surface area contributed by atoms with Crippen LogP contribution in [-0.2, 0) is 19.1 Å². The number of aromatic amines is 2. The number of pyridine rings is 1. The fraction of sp³-hybridized carbons (Fsp3) is 0.462. The Morgan fingerprint density at radius 2 is 1.42 bits per heavy atom. The van der Waals surface area contributed by atoms with Gasteiger partial charge in [-0.15, -0.1) is 11.3 Å². The molecule has 0 unspecified atom stereocenters. The Morgan fingerprint density at radius 1 is 0.800 bits per heavy atom. The lowest BCUT2D eigenvalue weighted by molar-refractivity contribution is -0.136. The number of aromatic nitrogens is 5. The molecule has 5 aromatic rings. The number of carbonyl (C=O) groups is 4. The van der Waals surface area contributed by atoms with Crippen molar-refractivity contribution < 1.29 is 28.7 Å². The molecule has 6 heterocycles. The van der Waals surface area contributed by atoms with E-state index in [4.69, 9.17) is 19.4 Å². The number of benzene rings is 1. The summed E-state index contributed by atoms with van der Waals surface area (Å²) >= 11 is 1.63. The van der Waals surface area contributed by atoms with Crippen LogP contribution in [0.5, 0.6) is 0 Å². The van der Waals surface area contributed by atoms with E-state index >= 15 is 0 Å². The van der Waals surface area contributed by atoms with Gasteiger partial charge in [0.2, 0.25) is 11.8 Å². The molecule has 7 rings (SSSR count). The monoisotopic (exact) mass is 769 g/mol. The molecule has 4 atom stereocenters. The highest BCUT2D eigenvalue weighted by atomic mass is 32.1. The zero-order valence-corrected chi connectivity index (χ0v) is 32.7. The summed E-state index contributed by atoms with van der Waals surface area (Å²) in [6.07, 6.45) is 5.53. The predicted octanol–water partition coefficient (Wildman–Crippen LogP) is 6.32. The van der Waals surface area contributed by atoms with Gasteiger partial charge in [0.15, 0.2) is 0 Å². The summed E-state index contributed by atoms with van der Waals surface area (Å²) in [4.78, 5) is 77.2. The van der Waals surface area contributed by atoms with Crippen molar-refractivity contribution in [2.75, 3.05) is 27.3 Å². The van der Waals surface area contributed by atoms with Gasteiger partial charge in [-0.25, -0.2) is 19.6 Å². The van der Waals surface area contributed by atoms with Crippen LogP contribution in [0.2, 0.25) is 0 Å². The van der Waals surface area contributed by atoms with E-state index in [1.807, 2.05) is 57.0 Å². The summed E-state index contributed by atoms with van der Waals surface area (Å²) in [5.41, 5.74) is 4.23. The smallest absolute Gasteiger partial charge is 0.407 e. The summed E-state index contributed by atoms with van der Waals surface area (Å²) in [6, 6.07) is 8.31. The fourth-order valence-corrected chi connectivity index (χ4v) is 8.75. The van der Waals surface area contributed by atoms with Crippen molar-refractivity contribution in [1.29, 1.82) is 0 Å². The average Bonchev–Trinajstić information content (AvgIpc) is 4.02. The number of carbonyl (C=O) groups excluding carboxylic acids is 4. The zero-order valence-electron chi connectivity index (χ0n) is 31.8. The van der Waals surface area contributed by atoms with E-state index in [-0.39, 0.29) is 35.7 Å². The topological polar surface area (TPSA) is 188 Å². The van der Waals surface area contributed by atoms with Gasteiger partial charge < -0.3 is 39.9 Å². The molecule has 2 saturated heterocycles. The number of methoxy groups -OCH3 is 2. The second-order valence-electron chi connectivity index (χ2n) is 14.8. The molecule has 2 aliphatic rings. The van der Waals surface area contributed by atoms with Gasteiger partial charge in [-0.3, -0.25) is 14.6 Å². The van der Waals surface area contributed by atoms with Crippen LogP contribution in [0.15, 0.2) is 42.7 Å². The van der Waals surface area contributed by atoms with Gasteiger partial charge in [0.05, 0.1) is 64.5 Å². The molecule has 2 aliphatic heterocycles. The van der Waals surface area contributed by atoms with E-state index in [1.54, 1.807) is 22.4 Å². The third-order valence-electron chi connectivity index (χ3n) is 10.6. The van der Waals surface area contributed by atoms with Gasteiger partial charge in [-0.05, 0) is 67.2 Å². The van der Waals surface area contributed by atoms with Crippen LogP contribution in [0, 0.1) is 11.8 Å². The van der Waals surface area contributed by atoms with E-state index in [2.05, 4.69) is 37.7 Å². The van der Waals surface area contributed by atoms with Gasteiger partial charge in [-0.2, -0.15) is 0 Å². The second-order valence-corrected chi connectivity index (χ2v) is 15.9. The lowest BCUT2D eigenvalue weighted by Gasteiger charge is -2.30. The van der Waals surface area contributed by atoms with Crippen LogP contribution in [-0.4, -0.2) is 98.1 Å². The number of fused-ring (bicyclic) bond motifs is 3. The van der Waals surface area contributed by atoms with Crippen LogP contribution in [0.25, 0.3) is 42.9 Å². The maximum atomic E-state index is 13.7. The van der Waals surface area contributed by atoms with Crippen LogP contribution in [0.4, 0.5) is 9.59 Å². The van der Waals surface area contributed by atoms with E-state index in [9.17, 15) is 19.2 Å². The van der Waals surface area contributed by atoms with Gasteiger partial charge in [0.1, 0.15) is 23.7 Å². The number of nitrogens with zero attached hydrogens (tertiary/aromatic N) is 5. The van der Waals surface area contributed by atoms with Crippen molar-refractivity contribution in [3.8, 4) is 21.8 Å². The third kappa shape index (κ3) is 7.46. The van der Waals surface area contributed by atoms with Crippen LogP contribution < -0.4 is 10.6 Å². The first-order chi connectivity index (χ1) is 26.5. The summed E-state index contributed by atoms with van der Waals surface area (Å²) in [6.45, 7) is 8.76. The number of ether oxygens (including phenoxy) is 2. The van der Waals surface area contributed by atoms with Crippen molar-refractivity contribution in [3.05, 3.63) is 54.4 Å². The molecular formula is C39H47N9O6S. The number of thiophene rings is 1. The van der Waals surface area contributed by atoms with Gasteiger partial charge in [0.25, 0.3) is 0 Å². The Hall–Kier alpha value is -5.51. The van der Waals surface area contributed by atoms with Crippen molar-refractivity contribution in [2.24, 2.45) is 11.8 Å². The molecule has 16 heteroatoms. The zero-order chi connectivity index (χ0) is 39.0. The number of nitrogens with one attached hydrogen (secondary N) is 4. The molecule has 0 spiro atoms. The molecule has 0 aliphatic carbocycles. The second kappa shape index (κ2) is 15.7. The van der Waals surface area contributed by atoms with E-state index in [0.29, 0.717) is 18.9 Å². The quantitative estimate of drug-likeness (QED) is 0.126. The van der Waals surface area contributed by atoms with E-state index in [1.165, 1.54) is 14.2 Å². The van der Waals surface area contributed by atoms with Crippen molar-refractivity contribution in [1.82, 2.24) is 45.4 Å². The normalized spacial score (nSPS) is 18.3. The first-order valence-corrected chi connectivity index (χ1v) is 19.5. The number of hydrogen-bond donors (Lipinski definition) is 4. The average molecular weight is 770 g/mol. The highest BCUT2D eigenvalue weighted by molar-refractivity contribution is 7.23. The Kier molecular flexibility index (Phi) is 10.8. The first-order valence-electron chi connectivity index (χ1n) is 18.7. The van der Waals surface area contributed by atoms with E-state index in [0.717, 1.165) is 74.5 Å². The Bertz CT molecular complexity index is 2210. The minimum absolute atomic E-state index is 0.115. The maximum Gasteiger partial charge on any atom is 0.407 e. The minimum atomic E-state index is -0.702. The Labute approximate surface area is 322 Å². The minimum Gasteiger partial charge on any atom is -0.453 e. The third-order valence-corrected chi connectivity index (χ3v) is 11.8. The SMILES string of the molecule is COC(=O)N[C@H](C(=O)N1CCC[C@H]1c1ncc(-c2ccc(-c3cc4ccc5nc([C@@H]6CCCN6C(=O)[C@@H](NC(=O)OC)C(C)C)[nH]c5c4s3)nc2)[nH]1)C(C)C. The molecule has 4 aromatic heterocycles. The standard InChI is InChI=1S/C39H47N9O6S/c1-20(2)30(45-38(51)53-5)36(49)47-15-7-9-27(47)34-41-19-26(43-34)23-12-13-24(40-18-23)29-17-22-11-14-25-32(33(22)55-29)44-35(42-25)28-10-8-16-48(28)37(50)31(21(3)4)46-39(52)54-6/h11-14,17-21,27-28,30-31H,7-10,15-16H2,1-6H3,(H,41,43)(H,42,44)(H,45,51)(H,46,52)/t27-,28-,30-,31-/m0/s1. The number of hydrogen-bond acceptors (Lipinski definition) is 10. The number of alkyl carbamates (subject to hydrolysis) is 2. The molecule has 2 fully saturated rings. The largest absolute Gasteiger partial charge is 0.453 e. The lowest BCUT2D eigenvalue weighted by atomic mass is 10.0. The van der Waals surface area contributed by atoms with Crippen LogP contribution in [0.3, 0.4) is 0 Å². The number of likely N-dealkylation sites (tertiary alicyclic amines) is 2. The molecule has 1 aromatic carbocycles. The van der Waals surface area contributed by atoms with Gasteiger partial charge in [0, 0.05) is 24.8 Å². The molecule has 290 valence electrons. The summed E-state index contributed by atoms with van der Waals surface area (Å²) < 4.78 is 10.6. The first kappa shape index (κ1) is 37.8.